The molecule has 0 aliphatic heterocycles. The topological polar surface area (TPSA) is 85.3 Å². The van der Waals surface area contributed by atoms with E-state index in [-0.39, 0.29) is 11.7 Å². The van der Waals surface area contributed by atoms with Gasteiger partial charge < -0.3 is 9.73 Å². The number of nitrogens with zero attached hydrogens (tertiary/aromatic N) is 4. The minimum Gasteiger partial charge on any atom is -0.459 e. The Balaban J connectivity index is 1.33. The van der Waals surface area contributed by atoms with Crippen LogP contribution in [0.5, 0.6) is 0 Å². The molecular formula is C21H20ClN5O2S. The van der Waals surface area contributed by atoms with Crippen molar-refractivity contribution in [1.29, 1.82) is 0 Å². The van der Waals surface area contributed by atoms with Crippen LogP contribution in [0.1, 0.15) is 22.7 Å². The second kappa shape index (κ2) is 8.49. The van der Waals surface area contributed by atoms with Gasteiger partial charge in [-0.3, -0.25) is 4.79 Å². The van der Waals surface area contributed by atoms with Gasteiger partial charge in [-0.05, 0) is 62.7 Å². The first-order chi connectivity index (χ1) is 14.4. The van der Waals surface area contributed by atoms with Crippen LogP contribution in [0.25, 0.3) is 17.1 Å². The summed E-state index contributed by atoms with van der Waals surface area (Å²) in [7, 11) is 0. The molecule has 1 amide bonds. The van der Waals surface area contributed by atoms with Crippen molar-refractivity contribution >= 4 is 35.0 Å². The number of halogens is 1. The number of amides is 1. The van der Waals surface area contributed by atoms with Crippen LogP contribution in [0.4, 0.5) is 0 Å². The lowest BCUT2D eigenvalue weighted by Gasteiger charge is -2.04. The number of nitrogens with one attached hydrogen (secondary N) is 1. The van der Waals surface area contributed by atoms with Gasteiger partial charge in [-0.25, -0.2) is 9.50 Å². The molecule has 0 saturated heterocycles. The quantitative estimate of drug-likeness (QED) is 0.447. The molecule has 4 aromatic rings. The van der Waals surface area contributed by atoms with Crippen LogP contribution in [0, 0.1) is 20.8 Å². The smallest absolute Gasteiger partial charge is 0.253 e. The second-order valence-electron chi connectivity index (χ2n) is 6.85. The van der Waals surface area contributed by atoms with E-state index in [4.69, 9.17) is 16.0 Å². The van der Waals surface area contributed by atoms with Gasteiger partial charge in [0, 0.05) is 22.0 Å². The molecule has 30 heavy (non-hydrogen) atoms. The molecule has 0 spiro atoms. The van der Waals surface area contributed by atoms with Crippen molar-refractivity contribution in [3.8, 4) is 11.3 Å². The van der Waals surface area contributed by atoms with Crippen LogP contribution in [0.3, 0.4) is 0 Å². The van der Waals surface area contributed by atoms with Crippen LogP contribution in [-0.2, 0) is 11.3 Å². The number of hydrogen-bond donors (Lipinski definition) is 1. The van der Waals surface area contributed by atoms with E-state index in [2.05, 4.69) is 20.4 Å². The number of carbonyl (C=O) groups excluding carboxylic acids is 1. The maximum atomic E-state index is 12.2. The summed E-state index contributed by atoms with van der Waals surface area (Å²) in [6.45, 7) is 6.25. The Morgan fingerprint density at radius 2 is 1.90 bits per heavy atom. The lowest BCUT2D eigenvalue weighted by molar-refractivity contribution is -0.118. The van der Waals surface area contributed by atoms with Crippen LogP contribution in [0.2, 0.25) is 5.02 Å². The predicted molar refractivity (Wildman–Crippen MR) is 117 cm³/mol. The van der Waals surface area contributed by atoms with Gasteiger partial charge in [0.15, 0.2) is 0 Å². The number of benzene rings is 1. The van der Waals surface area contributed by atoms with Gasteiger partial charge in [0.2, 0.25) is 11.1 Å². The van der Waals surface area contributed by atoms with Gasteiger partial charge in [-0.2, -0.15) is 4.98 Å². The average Bonchev–Trinajstić information content (AvgIpc) is 3.37. The third-order valence-corrected chi connectivity index (χ3v) is 5.91. The molecule has 0 aliphatic rings. The second-order valence-corrected chi connectivity index (χ2v) is 8.23. The van der Waals surface area contributed by atoms with Crippen molar-refractivity contribution in [1.82, 2.24) is 24.9 Å². The van der Waals surface area contributed by atoms with Crippen molar-refractivity contribution in [2.24, 2.45) is 0 Å². The molecule has 3 aromatic heterocycles. The van der Waals surface area contributed by atoms with Crippen molar-refractivity contribution in [3.05, 3.63) is 64.1 Å². The maximum Gasteiger partial charge on any atom is 0.253 e. The van der Waals surface area contributed by atoms with E-state index in [1.807, 2.05) is 57.2 Å². The highest BCUT2D eigenvalue weighted by atomic mass is 35.5. The Morgan fingerprint density at radius 1 is 1.13 bits per heavy atom. The number of aromatic nitrogens is 4. The number of fused-ring (bicyclic) bond motifs is 1. The summed E-state index contributed by atoms with van der Waals surface area (Å²) >= 11 is 7.19. The largest absolute Gasteiger partial charge is 0.459 e. The molecule has 0 aliphatic carbocycles. The molecule has 0 saturated carbocycles. The standard InChI is InChI=1S/C21H20ClN5O2S/c1-12-13(2)24-20-25-21(26-27(20)14(12)3)30-11-19(28)23-10-17-8-9-18(29-17)15-4-6-16(22)7-5-15/h4-9H,10-11H2,1-3H3,(H,23,28). The summed E-state index contributed by atoms with van der Waals surface area (Å²) < 4.78 is 7.51. The van der Waals surface area contributed by atoms with E-state index >= 15 is 0 Å². The van der Waals surface area contributed by atoms with Crippen molar-refractivity contribution in [3.63, 3.8) is 0 Å². The number of hydrogen-bond acceptors (Lipinski definition) is 6. The summed E-state index contributed by atoms with van der Waals surface area (Å²) in [5.74, 6) is 2.03. The van der Waals surface area contributed by atoms with Gasteiger partial charge in [-0.1, -0.05) is 23.4 Å². The third kappa shape index (κ3) is 4.34. The Hall–Kier alpha value is -2.84. The van der Waals surface area contributed by atoms with Gasteiger partial charge in [-0.15, -0.1) is 5.10 Å². The summed E-state index contributed by atoms with van der Waals surface area (Å²) in [5, 5.41) is 8.49. The molecule has 0 bridgehead atoms. The fourth-order valence-electron chi connectivity index (χ4n) is 2.91. The molecule has 154 valence electrons. The minimum absolute atomic E-state index is 0.125. The zero-order chi connectivity index (χ0) is 21.3. The molecule has 1 aromatic carbocycles. The molecule has 4 rings (SSSR count). The fraction of sp³-hybridized carbons (Fsp3) is 0.238. The van der Waals surface area contributed by atoms with Crippen molar-refractivity contribution < 1.29 is 9.21 Å². The fourth-order valence-corrected chi connectivity index (χ4v) is 3.68. The number of carbonyl (C=O) groups is 1. The number of aryl methyl sites for hydroxylation is 2. The Morgan fingerprint density at radius 3 is 2.67 bits per heavy atom. The lowest BCUT2D eigenvalue weighted by Crippen LogP contribution is -2.24. The molecule has 0 atom stereocenters. The number of furan rings is 1. The van der Waals surface area contributed by atoms with Gasteiger partial charge in [0.25, 0.3) is 5.78 Å². The average molecular weight is 442 g/mol. The van der Waals surface area contributed by atoms with Crippen LogP contribution < -0.4 is 5.32 Å². The summed E-state index contributed by atoms with van der Waals surface area (Å²) in [6, 6.07) is 11.1. The highest BCUT2D eigenvalue weighted by Gasteiger charge is 2.13. The van der Waals surface area contributed by atoms with E-state index in [0.29, 0.717) is 28.3 Å². The zero-order valence-electron chi connectivity index (χ0n) is 16.8. The highest BCUT2D eigenvalue weighted by Crippen LogP contribution is 2.24. The zero-order valence-corrected chi connectivity index (χ0v) is 18.3. The first kappa shape index (κ1) is 20.4. The van der Waals surface area contributed by atoms with E-state index in [9.17, 15) is 4.79 Å². The van der Waals surface area contributed by atoms with E-state index in [1.165, 1.54) is 11.8 Å². The summed E-state index contributed by atoms with van der Waals surface area (Å²) in [6.07, 6.45) is 0. The third-order valence-electron chi connectivity index (χ3n) is 4.82. The first-order valence-corrected chi connectivity index (χ1v) is 10.7. The Labute approximate surface area is 182 Å². The SMILES string of the molecule is Cc1nc2nc(SCC(=O)NCc3ccc(-c4ccc(Cl)cc4)o3)nn2c(C)c1C. The van der Waals surface area contributed by atoms with E-state index in [0.717, 1.165) is 28.3 Å². The molecule has 7 nitrogen and oxygen atoms in total. The predicted octanol–water partition coefficient (Wildman–Crippen LogP) is 4.37. The van der Waals surface area contributed by atoms with Gasteiger partial charge in [0.1, 0.15) is 11.5 Å². The molecule has 9 heteroatoms. The van der Waals surface area contributed by atoms with E-state index in [1.54, 1.807) is 4.52 Å². The number of rotatable bonds is 6. The lowest BCUT2D eigenvalue weighted by atomic mass is 10.2. The Bertz CT molecular complexity index is 1220. The molecule has 0 fully saturated rings. The molecule has 0 unspecified atom stereocenters. The minimum atomic E-state index is -0.125. The maximum absolute atomic E-state index is 12.2. The van der Waals surface area contributed by atoms with Gasteiger partial charge in [0.05, 0.1) is 12.3 Å². The van der Waals surface area contributed by atoms with Crippen LogP contribution in [0.15, 0.2) is 46.0 Å². The van der Waals surface area contributed by atoms with Crippen molar-refractivity contribution in [2.75, 3.05) is 5.75 Å². The van der Waals surface area contributed by atoms with E-state index < -0.39 is 0 Å². The highest BCUT2D eigenvalue weighted by molar-refractivity contribution is 7.99. The number of thioether (sulfide) groups is 1. The Kier molecular flexibility index (Phi) is 5.78. The molecule has 3 heterocycles. The van der Waals surface area contributed by atoms with Crippen molar-refractivity contribution in [2.45, 2.75) is 32.5 Å². The molecule has 0 radical (unpaired) electrons. The molecule has 1 N–H and O–H groups in total. The first-order valence-electron chi connectivity index (χ1n) is 9.35. The van der Waals surface area contributed by atoms with Gasteiger partial charge >= 0.3 is 0 Å². The molecular weight excluding hydrogens is 422 g/mol. The monoisotopic (exact) mass is 441 g/mol. The van der Waals surface area contributed by atoms with Crippen LogP contribution in [-0.4, -0.2) is 31.2 Å². The van der Waals surface area contributed by atoms with Crippen LogP contribution >= 0.6 is 23.4 Å². The summed E-state index contributed by atoms with van der Waals surface area (Å²) in [5.41, 5.74) is 3.94. The summed E-state index contributed by atoms with van der Waals surface area (Å²) in [4.78, 5) is 21.1. The normalized spacial score (nSPS) is 11.2.